The number of aryl methyl sites for hydroxylation is 1. The molecule has 1 heterocycles. The van der Waals surface area contributed by atoms with Crippen molar-refractivity contribution < 1.29 is 14.0 Å². The number of rotatable bonds is 1. The van der Waals surface area contributed by atoms with E-state index in [1.165, 1.54) is 13.0 Å². The van der Waals surface area contributed by atoms with Gasteiger partial charge < -0.3 is 9.80 Å². The first-order valence-electron chi connectivity index (χ1n) is 6.80. The van der Waals surface area contributed by atoms with Gasteiger partial charge in [-0.1, -0.05) is 12.1 Å². The number of carbonyl (C=O) groups excluding carboxylic acids is 2. The quantitative estimate of drug-likeness (QED) is 0.786. The van der Waals surface area contributed by atoms with Crippen LogP contribution in [-0.2, 0) is 4.79 Å². The number of nitrogens with zero attached hydrogens (tertiary/aromatic N) is 2. The number of halogens is 1. The molecule has 1 aliphatic rings. The normalized spacial score (nSPS) is 15.9. The van der Waals surface area contributed by atoms with Gasteiger partial charge in [0.25, 0.3) is 5.91 Å². The van der Waals surface area contributed by atoms with E-state index in [4.69, 9.17) is 0 Å². The molecule has 4 nitrogen and oxygen atoms in total. The van der Waals surface area contributed by atoms with Crippen LogP contribution in [0.5, 0.6) is 0 Å². The van der Waals surface area contributed by atoms with E-state index in [2.05, 4.69) is 0 Å². The molecule has 2 rings (SSSR count). The molecule has 0 aromatic heterocycles. The van der Waals surface area contributed by atoms with Gasteiger partial charge in [-0.3, -0.25) is 9.59 Å². The Balaban J connectivity index is 2.13. The molecule has 0 bridgehead atoms. The van der Waals surface area contributed by atoms with Gasteiger partial charge in [0.05, 0.1) is 5.56 Å². The monoisotopic (exact) mass is 278 g/mol. The van der Waals surface area contributed by atoms with Crippen molar-refractivity contribution in [1.29, 1.82) is 0 Å². The molecule has 108 valence electrons. The van der Waals surface area contributed by atoms with E-state index in [9.17, 15) is 14.0 Å². The lowest BCUT2D eigenvalue weighted by Gasteiger charge is -2.21. The highest BCUT2D eigenvalue weighted by Gasteiger charge is 2.23. The topological polar surface area (TPSA) is 40.6 Å². The summed E-state index contributed by atoms with van der Waals surface area (Å²) in [4.78, 5) is 27.1. The molecule has 2 amide bonds. The van der Waals surface area contributed by atoms with Gasteiger partial charge in [0.1, 0.15) is 5.82 Å². The van der Waals surface area contributed by atoms with Crippen LogP contribution >= 0.6 is 0 Å². The Bertz CT molecular complexity index is 531. The summed E-state index contributed by atoms with van der Waals surface area (Å²) >= 11 is 0. The molecule has 20 heavy (non-hydrogen) atoms. The molecule has 0 spiro atoms. The van der Waals surface area contributed by atoms with Crippen LogP contribution in [0, 0.1) is 12.7 Å². The lowest BCUT2D eigenvalue weighted by atomic mass is 10.1. The second-order valence-corrected chi connectivity index (χ2v) is 5.09. The SMILES string of the molecule is CC(=O)N1CCCN(C(=O)c2cccc(C)c2F)CC1. The summed E-state index contributed by atoms with van der Waals surface area (Å²) in [6.45, 7) is 5.33. The fourth-order valence-corrected chi connectivity index (χ4v) is 2.42. The zero-order chi connectivity index (χ0) is 14.7. The Labute approximate surface area is 118 Å². The minimum atomic E-state index is -0.454. The zero-order valence-corrected chi connectivity index (χ0v) is 11.9. The highest BCUT2D eigenvalue weighted by atomic mass is 19.1. The Morgan fingerprint density at radius 3 is 2.45 bits per heavy atom. The Kier molecular flexibility index (Phi) is 4.37. The molecule has 5 heteroatoms. The van der Waals surface area contributed by atoms with Crippen LogP contribution in [0.1, 0.15) is 29.3 Å². The first-order chi connectivity index (χ1) is 9.50. The highest BCUT2D eigenvalue weighted by Crippen LogP contribution is 2.15. The standard InChI is InChI=1S/C15H19FN2O2/c1-11-5-3-6-13(14(11)16)15(20)18-8-4-7-17(9-10-18)12(2)19/h3,5-6H,4,7-10H2,1-2H3. The lowest BCUT2D eigenvalue weighted by molar-refractivity contribution is -0.128. The van der Waals surface area contributed by atoms with Crippen LogP contribution < -0.4 is 0 Å². The average Bonchev–Trinajstić information content (AvgIpc) is 2.67. The summed E-state index contributed by atoms with van der Waals surface area (Å²) in [5.41, 5.74) is 0.581. The van der Waals surface area contributed by atoms with Crippen molar-refractivity contribution in [3.63, 3.8) is 0 Å². The van der Waals surface area contributed by atoms with Gasteiger partial charge in [-0.2, -0.15) is 0 Å². The van der Waals surface area contributed by atoms with Gasteiger partial charge in [-0.05, 0) is 25.0 Å². The van der Waals surface area contributed by atoms with Crippen molar-refractivity contribution in [1.82, 2.24) is 9.80 Å². The maximum atomic E-state index is 14.0. The summed E-state index contributed by atoms with van der Waals surface area (Å²) in [5, 5.41) is 0. The molecular formula is C15H19FN2O2. The number of amides is 2. The Hall–Kier alpha value is -1.91. The first-order valence-corrected chi connectivity index (χ1v) is 6.80. The fourth-order valence-electron chi connectivity index (χ4n) is 2.42. The third-order valence-electron chi connectivity index (χ3n) is 3.65. The van der Waals surface area contributed by atoms with Gasteiger partial charge in [-0.15, -0.1) is 0 Å². The van der Waals surface area contributed by atoms with E-state index in [1.54, 1.807) is 28.9 Å². The van der Waals surface area contributed by atoms with Crippen molar-refractivity contribution in [2.75, 3.05) is 26.2 Å². The van der Waals surface area contributed by atoms with E-state index >= 15 is 0 Å². The maximum Gasteiger partial charge on any atom is 0.256 e. The molecule has 1 aromatic rings. The van der Waals surface area contributed by atoms with E-state index in [-0.39, 0.29) is 17.4 Å². The van der Waals surface area contributed by atoms with Crippen molar-refractivity contribution in [2.24, 2.45) is 0 Å². The summed E-state index contributed by atoms with van der Waals surface area (Å²) < 4.78 is 14.0. The van der Waals surface area contributed by atoms with Crippen molar-refractivity contribution in [2.45, 2.75) is 20.3 Å². The van der Waals surface area contributed by atoms with Gasteiger partial charge >= 0.3 is 0 Å². The Morgan fingerprint density at radius 1 is 1.10 bits per heavy atom. The Morgan fingerprint density at radius 2 is 1.75 bits per heavy atom. The molecule has 0 N–H and O–H groups in total. The average molecular weight is 278 g/mol. The minimum Gasteiger partial charge on any atom is -0.341 e. The van der Waals surface area contributed by atoms with E-state index < -0.39 is 5.82 Å². The van der Waals surface area contributed by atoms with Crippen LogP contribution in [0.4, 0.5) is 4.39 Å². The number of hydrogen-bond acceptors (Lipinski definition) is 2. The number of hydrogen-bond donors (Lipinski definition) is 0. The first kappa shape index (κ1) is 14.5. The molecule has 0 unspecified atom stereocenters. The van der Waals surface area contributed by atoms with Crippen molar-refractivity contribution in [3.8, 4) is 0 Å². The van der Waals surface area contributed by atoms with Crippen LogP contribution in [0.15, 0.2) is 18.2 Å². The molecule has 0 saturated carbocycles. The molecule has 1 fully saturated rings. The maximum absolute atomic E-state index is 14.0. The third kappa shape index (κ3) is 2.98. The highest BCUT2D eigenvalue weighted by molar-refractivity contribution is 5.94. The number of benzene rings is 1. The fraction of sp³-hybridized carbons (Fsp3) is 0.467. The zero-order valence-electron chi connectivity index (χ0n) is 11.9. The van der Waals surface area contributed by atoms with Gasteiger partial charge in [0, 0.05) is 33.1 Å². The summed E-state index contributed by atoms with van der Waals surface area (Å²) in [6, 6.07) is 4.84. The molecule has 0 aliphatic carbocycles. The summed E-state index contributed by atoms with van der Waals surface area (Å²) in [7, 11) is 0. The second-order valence-electron chi connectivity index (χ2n) is 5.09. The van der Waals surface area contributed by atoms with E-state index in [0.717, 1.165) is 6.42 Å². The van der Waals surface area contributed by atoms with Crippen molar-refractivity contribution >= 4 is 11.8 Å². The molecule has 0 radical (unpaired) electrons. The molecule has 1 saturated heterocycles. The van der Waals surface area contributed by atoms with Crippen molar-refractivity contribution in [3.05, 3.63) is 35.1 Å². The second kappa shape index (κ2) is 6.03. The molecular weight excluding hydrogens is 259 g/mol. The largest absolute Gasteiger partial charge is 0.341 e. The van der Waals surface area contributed by atoms with Crippen LogP contribution in [0.2, 0.25) is 0 Å². The van der Waals surface area contributed by atoms with E-state index in [0.29, 0.717) is 31.7 Å². The van der Waals surface area contributed by atoms with Crippen LogP contribution in [0.3, 0.4) is 0 Å². The predicted octanol–water partition coefficient (Wildman–Crippen LogP) is 1.83. The smallest absolute Gasteiger partial charge is 0.256 e. The molecule has 1 aliphatic heterocycles. The van der Waals surface area contributed by atoms with Gasteiger partial charge in [0.2, 0.25) is 5.91 Å². The molecule has 1 aromatic carbocycles. The third-order valence-corrected chi connectivity index (χ3v) is 3.65. The van der Waals surface area contributed by atoms with Gasteiger partial charge in [-0.25, -0.2) is 4.39 Å². The minimum absolute atomic E-state index is 0.0148. The van der Waals surface area contributed by atoms with Gasteiger partial charge in [0.15, 0.2) is 0 Å². The van der Waals surface area contributed by atoms with Crippen LogP contribution in [0.25, 0.3) is 0 Å². The van der Waals surface area contributed by atoms with E-state index in [1.807, 2.05) is 0 Å². The lowest BCUT2D eigenvalue weighted by Crippen LogP contribution is -2.36. The predicted molar refractivity (Wildman–Crippen MR) is 73.9 cm³/mol. The number of carbonyl (C=O) groups is 2. The summed E-state index contributed by atoms with van der Waals surface area (Å²) in [6.07, 6.45) is 0.721. The molecule has 0 atom stereocenters. The van der Waals surface area contributed by atoms with Crippen LogP contribution in [-0.4, -0.2) is 47.8 Å². The summed E-state index contributed by atoms with van der Waals surface area (Å²) in [5.74, 6) is -0.734.